The molecule has 0 N–H and O–H groups in total. The van der Waals surface area contributed by atoms with Gasteiger partial charge in [-0.05, 0) is 30.5 Å². The highest BCUT2D eigenvalue weighted by molar-refractivity contribution is 5.22. The Kier molecular flexibility index (Phi) is 7.20. The molecule has 0 radical (unpaired) electrons. The third kappa shape index (κ3) is 5.34. The molecule has 3 aliphatic heterocycles. The van der Waals surface area contributed by atoms with Crippen LogP contribution < -0.4 is 0 Å². The molecule has 9 nitrogen and oxygen atoms in total. The first-order chi connectivity index (χ1) is 18.9. The van der Waals surface area contributed by atoms with Crippen molar-refractivity contribution in [3.63, 3.8) is 0 Å². The highest BCUT2D eigenvalue weighted by atomic mass is 16.8. The van der Waals surface area contributed by atoms with Crippen molar-refractivity contribution in [3.8, 4) is 0 Å². The van der Waals surface area contributed by atoms with Gasteiger partial charge < -0.3 is 18.9 Å². The van der Waals surface area contributed by atoms with Crippen LogP contribution in [0, 0.1) is 10.1 Å². The number of nitrogens with zero attached hydrogens (tertiary/aromatic N) is 2. The van der Waals surface area contributed by atoms with Gasteiger partial charge in [0.25, 0.3) is 6.04 Å². The van der Waals surface area contributed by atoms with E-state index in [1.165, 1.54) is 0 Å². The van der Waals surface area contributed by atoms with Crippen molar-refractivity contribution in [3.05, 3.63) is 118 Å². The van der Waals surface area contributed by atoms with E-state index in [4.69, 9.17) is 23.8 Å². The second-order valence-electron chi connectivity index (χ2n) is 10.6. The molecule has 9 heteroatoms. The molecular weight excluding hydrogens is 500 g/mol. The lowest BCUT2D eigenvalue weighted by Gasteiger charge is -2.32. The molecule has 3 saturated heterocycles. The van der Waals surface area contributed by atoms with Gasteiger partial charge in [0.2, 0.25) is 0 Å². The number of benzene rings is 3. The first kappa shape index (κ1) is 26.1. The van der Waals surface area contributed by atoms with Crippen molar-refractivity contribution in [1.29, 1.82) is 0 Å². The summed E-state index contributed by atoms with van der Waals surface area (Å²) in [6.45, 7) is 4.29. The van der Waals surface area contributed by atoms with Crippen LogP contribution in [0.2, 0.25) is 0 Å². The van der Waals surface area contributed by atoms with Crippen molar-refractivity contribution >= 4 is 0 Å². The van der Waals surface area contributed by atoms with Crippen LogP contribution in [0.4, 0.5) is 0 Å². The van der Waals surface area contributed by atoms with E-state index in [0.29, 0.717) is 13.2 Å². The van der Waals surface area contributed by atoms with Gasteiger partial charge in [-0.25, -0.2) is 0 Å². The number of hydroxylamine groups is 2. The topological polar surface area (TPSA) is 92.5 Å². The lowest BCUT2D eigenvalue weighted by molar-refractivity contribution is -0.533. The van der Waals surface area contributed by atoms with Gasteiger partial charge in [-0.15, -0.1) is 0 Å². The van der Waals surface area contributed by atoms with Crippen LogP contribution in [-0.4, -0.2) is 52.5 Å². The second-order valence-corrected chi connectivity index (χ2v) is 10.6. The minimum atomic E-state index is -1.12. The molecule has 0 saturated carbocycles. The van der Waals surface area contributed by atoms with Crippen LogP contribution >= 0.6 is 0 Å². The Morgan fingerprint density at radius 1 is 0.872 bits per heavy atom. The molecule has 204 valence electrons. The molecule has 3 aliphatic rings. The molecule has 3 aromatic carbocycles. The standard InChI is InChI=1S/C30H32N2O7/c1-30(2)37-28-27(35-19-21-14-8-4-9-15-21)26(36-29(28)38-30)23-24(32(33)34)25(22-16-10-5-11-17-22)39-31(23)18-20-12-6-3-7-13-20/h3-17,23-29H,18-19H2,1-2H3/t23-,24-,25+,26+,27+,28+,29+/m0/s1. The van der Waals surface area contributed by atoms with Crippen molar-refractivity contribution in [2.45, 2.75) is 75.6 Å². The fourth-order valence-corrected chi connectivity index (χ4v) is 5.76. The lowest BCUT2D eigenvalue weighted by atomic mass is 9.91. The van der Waals surface area contributed by atoms with Gasteiger partial charge in [-0.3, -0.25) is 15.0 Å². The summed E-state index contributed by atoms with van der Waals surface area (Å²) in [5, 5.41) is 14.4. The van der Waals surface area contributed by atoms with Gasteiger partial charge in [0.15, 0.2) is 18.2 Å². The van der Waals surface area contributed by atoms with E-state index in [1.54, 1.807) is 5.06 Å². The van der Waals surface area contributed by atoms with Crippen LogP contribution in [0.5, 0.6) is 0 Å². The van der Waals surface area contributed by atoms with E-state index in [2.05, 4.69) is 0 Å². The molecule has 0 aromatic heterocycles. The molecule has 39 heavy (non-hydrogen) atoms. The number of fused-ring (bicyclic) bond motifs is 1. The highest BCUT2D eigenvalue weighted by Gasteiger charge is 2.64. The molecule has 0 amide bonds. The first-order valence-electron chi connectivity index (χ1n) is 13.2. The Bertz CT molecular complexity index is 1260. The number of hydrogen-bond donors (Lipinski definition) is 0. The van der Waals surface area contributed by atoms with Gasteiger partial charge >= 0.3 is 0 Å². The third-order valence-electron chi connectivity index (χ3n) is 7.44. The van der Waals surface area contributed by atoms with Gasteiger partial charge in [0, 0.05) is 11.5 Å². The maximum Gasteiger partial charge on any atom is 0.265 e. The van der Waals surface area contributed by atoms with Crippen molar-refractivity contribution < 1.29 is 28.7 Å². The summed E-state index contributed by atoms with van der Waals surface area (Å²) in [7, 11) is 0. The second kappa shape index (κ2) is 10.8. The summed E-state index contributed by atoms with van der Waals surface area (Å²) < 4.78 is 25.2. The number of rotatable bonds is 8. The largest absolute Gasteiger partial charge is 0.368 e. The fraction of sp³-hybridized carbons (Fsp3) is 0.400. The highest BCUT2D eigenvalue weighted by Crippen LogP contribution is 2.46. The van der Waals surface area contributed by atoms with E-state index in [9.17, 15) is 10.1 Å². The quantitative estimate of drug-likeness (QED) is 0.306. The fourth-order valence-electron chi connectivity index (χ4n) is 5.76. The normalized spacial score (nSPS) is 31.8. The first-order valence-corrected chi connectivity index (χ1v) is 13.2. The van der Waals surface area contributed by atoms with Gasteiger partial charge in [0.1, 0.15) is 24.4 Å². The Labute approximate surface area is 227 Å². The zero-order chi connectivity index (χ0) is 27.0. The van der Waals surface area contributed by atoms with Crippen LogP contribution in [0.1, 0.15) is 36.6 Å². The van der Waals surface area contributed by atoms with Crippen molar-refractivity contribution in [2.75, 3.05) is 0 Å². The van der Waals surface area contributed by atoms with Crippen molar-refractivity contribution in [1.82, 2.24) is 5.06 Å². The average molecular weight is 533 g/mol. The molecule has 0 unspecified atom stereocenters. The molecular formula is C30H32N2O7. The van der Waals surface area contributed by atoms with Gasteiger partial charge in [0.05, 0.1) is 6.61 Å². The monoisotopic (exact) mass is 532 g/mol. The molecule has 7 atom stereocenters. The molecule has 3 aromatic rings. The van der Waals surface area contributed by atoms with E-state index in [-0.39, 0.29) is 4.92 Å². The SMILES string of the molecule is CC1(C)O[C@H]2O[C@H]([C@@H]3[C@H]([N+](=O)[O-])[C@@H](c4ccccc4)ON3Cc3ccccc3)[C@@H](OCc3ccccc3)[C@H]2O1. The molecule has 0 spiro atoms. The van der Waals surface area contributed by atoms with E-state index >= 15 is 0 Å². The smallest absolute Gasteiger partial charge is 0.265 e. The summed E-state index contributed by atoms with van der Waals surface area (Å²) in [5.41, 5.74) is 2.68. The molecule has 6 rings (SSSR count). The molecule has 0 bridgehead atoms. The summed E-state index contributed by atoms with van der Waals surface area (Å²) >= 11 is 0. The van der Waals surface area contributed by atoms with Gasteiger partial charge in [-0.2, -0.15) is 5.06 Å². The summed E-state index contributed by atoms with van der Waals surface area (Å²) in [6, 6.07) is 27.0. The van der Waals surface area contributed by atoms with E-state index < -0.39 is 48.6 Å². The Balaban J connectivity index is 1.36. The summed E-state index contributed by atoms with van der Waals surface area (Å²) in [4.78, 5) is 18.9. The zero-order valence-corrected chi connectivity index (χ0v) is 21.9. The third-order valence-corrected chi connectivity index (χ3v) is 7.44. The molecule has 0 aliphatic carbocycles. The van der Waals surface area contributed by atoms with E-state index in [1.807, 2.05) is 105 Å². The minimum absolute atomic E-state index is 0.259. The predicted molar refractivity (Wildman–Crippen MR) is 141 cm³/mol. The Hall–Kier alpha value is -3.18. The maximum absolute atomic E-state index is 12.7. The van der Waals surface area contributed by atoms with Crippen LogP contribution in [-0.2, 0) is 36.9 Å². The van der Waals surface area contributed by atoms with Crippen LogP contribution in [0.15, 0.2) is 91.0 Å². The van der Waals surface area contributed by atoms with Crippen LogP contribution in [0.3, 0.4) is 0 Å². The lowest BCUT2D eigenvalue weighted by Crippen LogP contribution is -2.53. The van der Waals surface area contributed by atoms with E-state index in [0.717, 1.165) is 16.7 Å². The average Bonchev–Trinajstić information content (AvgIpc) is 3.56. The number of hydrogen-bond acceptors (Lipinski definition) is 8. The predicted octanol–water partition coefficient (Wildman–Crippen LogP) is 4.65. The Morgan fingerprint density at radius 3 is 2.13 bits per heavy atom. The molecule has 3 fully saturated rings. The van der Waals surface area contributed by atoms with Crippen LogP contribution in [0.25, 0.3) is 0 Å². The zero-order valence-electron chi connectivity index (χ0n) is 21.9. The van der Waals surface area contributed by atoms with Gasteiger partial charge in [-0.1, -0.05) is 91.0 Å². The summed E-state index contributed by atoms with van der Waals surface area (Å²) in [6.07, 6.45) is -3.43. The molecule has 3 heterocycles. The number of nitro groups is 1. The maximum atomic E-state index is 12.7. The Morgan fingerprint density at radius 2 is 1.49 bits per heavy atom. The minimum Gasteiger partial charge on any atom is -0.368 e. The number of ether oxygens (including phenoxy) is 4. The van der Waals surface area contributed by atoms with Crippen molar-refractivity contribution in [2.24, 2.45) is 0 Å². The summed E-state index contributed by atoms with van der Waals surface area (Å²) in [5.74, 6) is -0.861.